The SMILES string of the molecule is CCO/C=C/C(=O)c1ccc(Br)cn1. The van der Waals surface area contributed by atoms with E-state index in [9.17, 15) is 4.79 Å². The fourth-order valence-electron chi connectivity index (χ4n) is 0.813. The second kappa shape index (κ2) is 5.54. The molecule has 0 aliphatic rings. The van der Waals surface area contributed by atoms with E-state index in [1.54, 1.807) is 18.3 Å². The number of allylic oxidation sites excluding steroid dienone is 1. The number of hydrogen-bond acceptors (Lipinski definition) is 3. The van der Waals surface area contributed by atoms with Gasteiger partial charge in [0.1, 0.15) is 5.69 Å². The number of aromatic nitrogens is 1. The van der Waals surface area contributed by atoms with E-state index in [1.165, 1.54) is 12.3 Å². The van der Waals surface area contributed by atoms with Crippen molar-refractivity contribution in [2.45, 2.75) is 6.92 Å². The van der Waals surface area contributed by atoms with Crippen LogP contribution in [0.25, 0.3) is 0 Å². The lowest BCUT2D eigenvalue weighted by atomic mass is 10.2. The number of carbonyl (C=O) groups is 1. The van der Waals surface area contributed by atoms with Crippen LogP contribution < -0.4 is 0 Å². The molecule has 0 fully saturated rings. The van der Waals surface area contributed by atoms with Gasteiger partial charge in [0.2, 0.25) is 5.78 Å². The predicted octanol–water partition coefficient (Wildman–Crippen LogP) is 2.58. The summed E-state index contributed by atoms with van der Waals surface area (Å²) in [5, 5.41) is 0. The van der Waals surface area contributed by atoms with Crippen LogP contribution in [0.5, 0.6) is 0 Å². The summed E-state index contributed by atoms with van der Waals surface area (Å²) in [5.74, 6) is -0.161. The van der Waals surface area contributed by atoms with Gasteiger partial charge < -0.3 is 4.74 Å². The van der Waals surface area contributed by atoms with E-state index in [0.29, 0.717) is 12.3 Å². The normalized spacial score (nSPS) is 10.4. The third-order valence-corrected chi connectivity index (χ3v) is 1.93. The molecule has 0 aliphatic heterocycles. The molecular formula is C10H10BrNO2. The minimum Gasteiger partial charge on any atom is -0.501 e. The lowest BCUT2D eigenvalue weighted by molar-refractivity contribution is 0.103. The topological polar surface area (TPSA) is 39.2 Å². The average Bonchev–Trinajstić information content (AvgIpc) is 2.19. The summed E-state index contributed by atoms with van der Waals surface area (Å²) in [6.45, 7) is 2.41. The molecule has 0 amide bonds. The van der Waals surface area contributed by atoms with Crippen molar-refractivity contribution in [2.24, 2.45) is 0 Å². The van der Waals surface area contributed by atoms with Crippen LogP contribution in [0, 0.1) is 0 Å². The molecule has 1 heterocycles. The van der Waals surface area contributed by atoms with Gasteiger partial charge in [0.25, 0.3) is 0 Å². The fraction of sp³-hybridized carbons (Fsp3) is 0.200. The summed E-state index contributed by atoms with van der Waals surface area (Å²) in [5.41, 5.74) is 0.407. The first-order chi connectivity index (χ1) is 6.74. The van der Waals surface area contributed by atoms with Gasteiger partial charge in [-0.05, 0) is 35.0 Å². The molecule has 0 saturated heterocycles. The Morgan fingerprint density at radius 2 is 2.43 bits per heavy atom. The van der Waals surface area contributed by atoms with Crippen LogP contribution in [0.4, 0.5) is 0 Å². The molecule has 0 N–H and O–H groups in total. The van der Waals surface area contributed by atoms with Gasteiger partial charge in [-0.3, -0.25) is 9.78 Å². The Kier molecular flexibility index (Phi) is 4.32. The minimum absolute atomic E-state index is 0.161. The molecule has 74 valence electrons. The smallest absolute Gasteiger partial charge is 0.207 e. The molecule has 1 aromatic heterocycles. The molecule has 0 saturated carbocycles. The molecule has 4 heteroatoms. The first-order valence-corrected chi connectivity index (χ1v) is 4.97. The van der Waals surface area contributed by atoms with Gasteiger partial charge in [0.15, 0.2) is 0 Å². The summed E-state index contributed by atoms with van der Waals surface area (Å²) in [7, 11) is 0. The van der Waals surface area contributed by atoms with Crippen molar-refractivity contribution in [3.63, 3.8) is 0 Å². The van der Waals surface area contributed by atoms with Crippen LogP contribution >= 0.6 is 15.9 Å². The average molecular weight is 256 g/mol. The van der Waals surface area contributed by atoms with E-state index < -0.39 is 0 Å². The number of ketones is 1. The standard InChI is InChI=1S/C10H10BrNO2/c1-2-14-6-5-10(13)9-4-3-8(11)7-12-9/h3-7H,2H2,1H3/b6-5+. The number of halogens is 1. The van der Waals surface area contributed by atoms with Gasteiger partial charge in [0.05, 0.1) is 12.9 Å². The Hall–Kier alpha value is -1.16. The zero-order valence-corrected chi connectivity index (χ0v) is 9.32. The Morgan fingerprint density at radius 3 is 3.00 bits per heavy atom. The lowest BCUT2D eigenvalue weighted by Gasteiger charge is -1.95. The van der Waals surface area contributed by atoms with E-state index in [2.05, 4.69) is 20.9 Å². The molecular weight excluding hydrogens is 246 g/mol. The Balaban J connectivity index is 2.65. The van der Waals surface area contributed by atoms with Crippen molar-refractivity contribution in [2.75, 3.05) is 6.61 Å². The Bertz CT molecular complexity index is 332. The van der Waals surface area contributed by atoms with Crippen molar-refractivity contribution in [3.8, 4) is 0 Å². The molecule has 0 spiro atoms. The highest BCUT2D eigenvalue weighted by Crippen LogP contribution is 2.07. The van der Waals surface area contributed by atoms with Crippen LogP contribution in [-0.2, 0) is 4.74 Å². The second-order valence-corrected chi connectivity index (χ2v) is 3.40. The highest BCUT2D eigenvalue weighted by Gasteiger charge is 2.01. The first kappa shape index (κ1) is 10.9. The minimum atomic E-state index is -0.161. The maximum atomic E-state index is 11.4. The summed E-state index contributed by atoms with van der Waals surface area (Å²) >= 11 is 3.24. The molecule has 3 nitrogen and oxygen atoms in total. The highest BCUT2D eigenvalue weighted by molar-refractivity contribution is 9.10. The van der Waals surface area contributed by atoms with Crippen molar-refractivity contribution < 1.29 is 9.53 Å². The van der Waals surface area contributed by atoms with Gasteiger partial charge >= 0.3 is 0 Å². The van der Waals surface area contributed by atoms with E-state index in [0.717, 1.165) is 4.47 Å². The summed E-state index contributed by atoms with van der Waals surface area (Å²) in [4.78, 5) is 15.3. The zero-order valence-electron chi connectivity index (χ0n) is 7.74. The molecule has 1 aromatic rings. The van der Waals surface area contributed by atoms with Gasteiger partial charge in [-0.2, -0.15) is 0 Å². The molecule has 0 aliphatic carbocycles. The third kappa shape index (κ3) is 3.30. The largest absolute Gasteiger partial charge is 0.501 e. The van der Waals surface area contributed by atoms with Gasteiger partial charge in [-0.15, -0.1) is 0 Å². The maximum Gasteiger partial charge on any atom is 0.207 e. The van der Waals surface area contributed by atoms with Gasteiger partial charge in [-0.1, -0.05) is 0 Å². The Labute approximate surface area is 90.9 Å². The molecule has 0 radical (unpaired) electrons. The van der Waals surface area contributed by atoms with Crippen LogP contribution in [0.2, 0.25) is 0 Å². The molecule has 0 bridgehead atoms. The first-order valence-electron chi connectivity index (χ1n) is 4.18. The molecule has 14 heavy (non-hydrogen) atoms. The number of hydrogen-bond donors (Lipinski definition) is 0. The Morgan fingerprint density at radius 1 is 1.64 bits per heavy atom. The van der Waals surface area contributed by atoms with E-state index >= 15 is 0 Å². The van der Waals surface area contributed by atoms with Gasteiger partial charge in [0, 0.05) is 16.7 Å². The summed E-state index contributed by atoms with van der Waals surface area (Å²) < 4.78 is 5.76. The molecule has 0 aromatic carbocycles. The number of carbonyl (C=O) groups excluding carboxylic acids is 1. The fourth-order valence-corrected chi connectivity index (χ4v) is 1.05. The van der Waals surface area contributed by atoms with Crippen LogP contribution in [-0.4, -0.2) is 17.4 Å². The van der Waals surface area contributed by atoms with Crippen molar-refractivity contribution in [3.05, 3.63) is 40.8 Å². The third-order valence-electron chi connectivity index (χ3n) is 1.46. The molecule has 0 unspecified atom stereocenters. The van der Waals surface area contributed by atoms with E-state index in [4.69, 9.17) is 4.74 Å². The summed E-state index contributed by atoms with van der Waals surface area (Å²) in [6.07, 6.45) is 4.33. The number of pyridine rings is 1. The number of ether oxygens (including phenoxy) is 1. The van der Waals surface area contributed by atoms with E-state index in [1.807, 2.05) is 6.92 Å². The van der Waals surface area contributed by atoms with E-state index in [-0.39, 0.29) is 5.78 Å². The zero-order chi connectivity index (χ0) is 10.4. The van der Waals surface area contributed by atoms with Crippen LogP contribution in [0.3, 0.4) is 0 Å². The molecule has 1 rings (SSSR count). The van der Waals surface area contributed by atoms with Crippen LogP contribution in [0.1, 0.15) is 17.4 Å². The predicted molar refractivity (Wildman–Crippen MR) is 57.0 cm³/mol. The van der Waals surface area contributed by atoms with Crippen molar-refractivity contribution in [1.29, 1.82) is 0 Å². The lowest BCUT2D eigenvalue weighted by Crippen LogP contribution is -1.97. The quantitative estimate of drug-likeness (QED) is 0.472. The number of nitrogens with zero attached hydrogens (tertiary/aromatic N) is 1. The number of rotatable bonds is 4. The second-order valence-electron chi connectivity index (χ2n) is 2.48. The maximum absolute atomic E-state index is 11.4. The van der Waals surface area contributed by atoms with Crippen LogP contribution in [0.15, 0.2) is 35.1 Å². The van der Waals surface area contributed by atoms with Gasteiger partial charge in [-0.25, -0.2) is 0 Å². The monoisotopic (exact) mass is 255 g/mol. The molecule has 0 atom stereocenters. The highest BCUT2D eigenvalue weighted by atomic mass is 79.9. The summed E-state index contributed by atoms with van der Waals surface area (Å²) in [6, 6.07) is 3.43. The van der Waals surface area contributed by atoms with Crippen molar-refractivity contribution >= 4 is 21.7 Å². The van der Waals surface area contributed by atoms with Crippen molar-refractivity contribution in [1.82, 2.24) is 4.98 Å².